The third kappa shape index (κ3) is 3.85. The molecule has 0 bridgehead atoms. The van der Waals surface area contributed by atoms with Crippen LogP contribution in [-0.4, -0.2) is 11.7 Å². The summed E-state index contributed by atoms with van der Waals surface area (Å²) in [6, 6.07) is 3.62. The summed E-state index contributed by atoms with van der Waals surface area (Å²) < 4.78 is 25.3. The molecule has 1 aromatic rings. The molecule has 1 rings (SSSR count). The molecule has 0 aliphatic carbocycles. The average Bonchev–Trinajstić information content (AvgIpc) is 2.23. The number of amides is 1. The van der Waals surface area contributed by atoms with Crippen molar-refractivity contribution in [2.24, 2.45) is 5.84 Å². The Bertz CT molecular complexity index is 360. The highest BCUT2D eigenvalue weighted by Gasteiger charge is 2.04. The molecule has 0 aliphatic rings. The van der Waals surface area contributed by atoms with Crippen LogP contribution in [0.3, 0.4) is 0 Å². The van der Waals surface area contributed by atoms with Crippen molar-refractivity contribution in [1.29, 1.82) is 0 Å². The van der Waals surface area contributed by atoms with Gasteiger partial charge < -0.3 is 0 Å². The van der Waals surface area contributed by atoms with Crippen LogP contribution in [0.1, 0.15) is 6.42 Å². The zero-order valence-electron chi connectivity index (χ0n) is 7.80. The van der Waals surface area contributed by atoms with Gasteiger partial charge in [0, 0.05) is 17.1 Å². The molecular weight excluding hydrogens is 222 g/mol. The molecule has 0 saturated carbocycles. The second-order valence-electron chi connectivity index (χ2n) is 2.74. The van der Waals surface area contributed by atoms with Crippen molar-refractivity contribution in [1.82, 2.24) is 5.43 Å². The second-order valence-corrected chi connectivity index (χ2v) is 3.91. The fourth-order valence-corrected chi connectivity index (χ4v) is 1.77. The van der Waals surface area contributed by atoms with Gasteiger partial charge in [0.25, 0.3) is 0 Å². The minimum atomic E-state index is -0.886. The van der Waals surface area contributed by atoms with Gasteiger partial charge in [0.15, 0.2) is 11.6 Å². The molecule has 0 fully saturated rings. The number of thioether (sulfide) groups is 1. The molecule has 0 aliphatic heterocycles. The van der Waals surface area contributed by atoms with E-state index in [-0.39, 0.29) is 12.3 Å². The fourth-order valence-electron chi connectivity index (χ4n) is 0.900. The molecule has 0 aromatic heterocycles. The van der Waals surface area contributed by atoms with Crippen molar-refractivity contribution in [3.05, 3.63) is 29.8 Å². The van der Waals surface area contributed by atoms with Gasteiger partial charge in [0.05, 0.1) is 0 Å². The van der Waals surface area contributed by atoms with Gasteiger partial charge in [-0.25, -0.2) is 14.6 Å². The summed E-state index contributed by atoms with van der Waals surface area (Å²) in [6.45, 7) is 0. The van der Waals surface area contributed by atoms with Crippen LogP contribution in [0.15, 0.2) is 23.1 Å². The number of benzene rings is 1. The topological polar surface area (TPSA) is 55.1 Å². The number of hydrogen-bond donors (Lipinski definition) is 2. The van der Waals surface area contributed by atoms with Crippen LogP contribution in [0, 0.1) is 11.6 Å². The lowest BCUT2D eigenvalue weighted by Crippen LogP contribution is -2.30. The summed E-state index contributed by atoms with van der Waals surface area (Å²) in [4.78, 5) is 11.3. The molecule has 1 aromatic carbocycles. The van der Waals surface area contributed by atoms with E-state index in [2.05, 4.69) is 0 Å². The third-order valence-corrected chi connectivity index (χ3v) is 2.65. The molecule has 0 atom stereocenters. The van der Waals surface area contributed by atoms with Crippen LogP contribution in [-0.2, 0) is 4.79 Å². The minimum absolute atomic E-state index is 0.236. The van der Waals surface area contributed by atoms with Gasteiger partial charge in [0.2, 0.25) is 5.91 Å². The van der Waals surface area contributed by atoms with Crippen LogP contribution < -0.4 is 11.3 Å². The monoisotopic (exact) mass is 232 g/mol. The summed E-state index contributed by atoms with van der Waals surface area (Å²) >= 11 is 1.26. The largest absolute Gasteiger partial charge is 0.294 e. The van der Waals surface area contributed by atoms with Crippen LogP contribution in [0.5, 0.6) is 0 Å². The Labute approximate surface area is 90.0 Å². The number of nitrogens with two attached hydrogens (primary N) is 1. The standard InChI is InChI=1S/C9H10F2N2OS/c10-7-2-1-6(5-8(7)11)15-4-3-9(14)13-12/h1-2,5H,3-4,12H2,(H,13,14). The average molecular weight is 232 g/mol. The van der Waals surface area contributed by atoms with Crippen LogP contribution in [0.25, 0.3) is 0 Å². The lowest BCUT2D eigenvalue weighted by Gasteiger charge is -2.01. The van der Waals surface area contributed by atoms with Crippen molar-refractivity contribution in [2.75, 3.05) is 5.75 Å². The quantitative estimate of drug-likeness (QED) is 0.357. The molecular formula is C9H10F2N2OS. The van der Waals surface area contributed by atoms with Gasteiger partial charge in [-0.15, -0.1) is 11.8 Å². The number of nitrogens with one attached hydrogen (secondary N) is 1. The summed E-state index contributed by atoms with van der Waals surface area (Å²) in [5.74, 6) is 3.29. The van der Waals surface area contributed by atoms with E-state index >= 15 is 0 Å². The van der Waals surface area contributed by atoms with Crippen LogP contribution in [0.2, 0.25) is 0 Å². The SMILES string of the molecule is NNC(=O)CCSc1ccc(F)c(F)c1. The van der Waals surface area contributed by atoms with E-state index < -0.39 is 11.6 Å². The lowest BCUT2D eigenvalue weighted by molar-refractivity contribution is -0.120. The molecule has 0 heterocycles. The number of halogens is 2. The van der Waals surface area contributed by atoms with E-state index in [9.17, 15) is 13.6 Å². The Morgan fingerprint density at radius 1 is 1.40 bits per heavy atom. The molecule has 15 heavy (non-hydrogen) atoms. The number of carbonyl (C=O) groups excluding carboxylic acids is 1. The Balaban J connectivity index is 2.44. The van der Waals surface area contributed by atoms with Crippen LogP contribution >= 0.6 is 11.8 Å². The van der Waals surface area contributed by atoms with Crippen molar-refractivity contribution in [3.8, 4) is 0 Å². The number of carbonyl (C=O) groups is 1. The highest BCUT2D eigenvalue weighted by molar-refractivity contribution is 7.99. The van der Waals surface area contributed by atoms with Crippen molar-refractivity contribution in [3.63, 3.8) is 0 Å². The summed E-state index contributed by atoms with van der Waals surface area (Å²) in [7, 11) is 0. The first kappa shape index (κ1) is 11.9. The molecule has 0 radical (unpaired) electrons. The molecule has 0 spiro atoms. The van der Waals surface area contributed by atoms with Gasteiger partial charge in [-0.2, -0.15) is 0 Å². The van der Waals surface area contributed by atoms with Gasteiger partial charge in [-0.3, -0.25) is 10.2 Å². The van der Waals surface area contributed by atoms with E-state index in [1.807, 2.05) is 5.43 Å². The molecule has 6 heteroatoms. The summed E-state index contributed by atoms with van der Waals surface area (Å²) in [6.07, 6.45) is 0.236. The lowest BCUT2D eigenvalue weighted by atomic mass is 10.3. The first-order valence-corrected chi connectivity index (χ1v) is 5.19. The van der Waals surface area contributed by atoms with E-state index in [4.69, 9.17) is 5.84 Å². The number of rotatable bonds is 4. The number of hydrogen-bond acceptors (Lipinski definition) is 3. The van der Waals surface area contributed by atoms with Gasteiger partial charge in [-0.05, 0) is 18.2 Å². The van der Waals surface area contributed by atoms with E-state index in [1.54, 1.807) is 0 Å². The molecule has 0 unspecified atom stereocenters. The smallest absolute Gasteiger partial charge is 0.234 e. The normalized spacial score (nSPS) is 10.1. The molecule has 0 saturated heterocycles. The summed E-state index contributed by atoms with van der Waals surface area (Å²) in [5, 5.41) is 0. The first-order chi connectivity index (χ1) is 7.13. The Morgan fingerprint density at radius 3 is 2.73 bits per heavy atom. The van der Waals surface area contributed by atoms with Crippen molar-refractivity contribution < 1.29 is 13.6 Å². The highest BCUT2D eigenvalue weighted by atomic mass is 32.2. The second kappa shape index (κ2) is 5.67. The van der Waals surface area contributed by atoms with Crippen molar-refractivity contribution >= 4 is 17.7 Å². The van der Waals surface area contributed by atoms with Gasteiger partial charge in [0.1, 0.15) is 0 Å². The third-order valence-electron chi connectivity index (χ3n) is 1.65. The van der Waals surface area contributed by atoms with Crippen molar-refractivity contribution in [2.45, 2.75) is 11.3 Å². The van der Waals surface area contributed by atoms with E-state index in [0.717, 1.165) is 12.1 Å². The zero-order valence-corrected chi connectivity index (χ0v) is 8.61. The summed E-state index contributed by atoms with van der Waals surface area (Å²) in [5.41, 5.74) is 1.99. The maximum Gasteiger partial charge on any atom is 0.234 e. The predicted octanol–water partition coefficient (Wildman–Crippen LogP) is 1.44. The van der Waals surface area contributed by atoms with Gasteiger partial charge >= 0.3 is 0 Å². The van der Waals surface area contributed by atoms with Crippen LogP contribution in [0.4, 0.5) is 8.78 Å². The molecule has 3 nitrogen and oxygen atoms in total. The van der Waals surface area contributed by atoms with E-state index in [1.165, 1.54) is 17.8 Å². The Hall–Kier alpha value is -1.14. The maximum atomic E-state index is 12.7. The van der Waals surface area contributed by atoms with E-state index in [0.29, 0.717) is 10.6 Å². The van der Waals surface area contributed by atoms with Gasteiger partial charge in [-0.1, -0.05) is 0 Å². The molecule has 3 N–H and O–H groups in total. The minimum Gasteiger partial charge on any atom is -0.294 e. The maximum absolute atomic E-state index is 12.7. The predicted molar refractivity (Wildman–Crippen MR) is 54.0 cm³/mol. The Kier molecular flexibility index (Phi) is 4.51. The molecule has 1 amide bonds. The fraction of sp³-hybridized carbons (Fsp3) is 0.222. The zero-order chi connectivity index (χ0) is 11.3. The highest BCUT2D eigenvalue weighted by Crippen LogP contribution is 2.20. The molecule has 82 valence electrons. The first-order valence-electron chi connectivity index (χ1n) is 4.21. The number of hydrazine groups is 1. The Morgan fingerprint density at radius 2 is 2.13 bits per heavy atom.